The Morgan fingerprint density at radius 3 is 2.40 bits per heavy atom. The average Bonchev–Trinajstić information content (AvgIpc) is 2.61. The number of halogens is 3. The lowest BCUT2D eigenvalue weighted by Gasteiger charge is -2.09. The number of carbonyl (C=O) groups is 2. The molecule has 1 aromatic heterocycles. The molecule has 0 fully saturated rings. The van der Waals surface area contributed by atoms with Crippen molar-refractivity contribution in [3.05, 3.63) is 16.0 Å². The maximum atomic E-state index is 11.9. The largest absolute Gasteiger partial charge is 0.465 e. The lowest BCUT2D eigenvalue weighted by Crippen LogP contribution is -2.23. The van der Waals surface area contributed by atoms with Gasteiger partial charge in [0.2, 0.25) is 0 Å². The van der Waals surface area contributed by atoms with Gasteiger partial charge in [-0.2, -0.15) is 13.2 Å². The fraction of sp³-hybridized carbons (Fsp3) is 0.455. The van der Waals surface area contributed by atoms with Crippen molar-refractivity contribution in [1.82, 2.24) is 0 Å². The summed E-state index contributed by atoms with van der Waals surface area (Å²) in [7, 11) is 1.17. The molecule has 20 heavy (non-hydrogen) atoms. The lowest BCUT2D eigenvalue weighted by atomic mass is 10.1. The van der Waals surface area contributed by atoms with Gasteiger partial charge in [0.1, 0.15) is 5.00 Å². The number of carbonyl (C=O) groups excluding carboxylic acids is 2. The normalized spacial score (nSPS) is 11.1. The minimum atomic E-state index is -4.61. The first kappa shape index (κ1) is 16.3. The van der Waals surface area contributed by atoms with Gasteiger partial charge in [-0.05, 0) is 19.4 Å². The first-order valence-electron chi connectivity index (χ1n) is 5.34. The van der Waals surface area contributed by atoms with Gasteiger partial charge in [0.15, 0.2) is 6.61 Å². The van der Waals surface area contributed by atoms with Gasteiger partial charge in [0, 0.05) is 4.88 Å². The van der Waals surface area contributed by atoms with Crippen LogP contribution in [-0.2, 0) is 9.47 Å². The highest BCUT2D eigenvalue weighted by Crippen LogP contribution is 2.33. The van der Waals surface area contributed by atoms with Crippen LogP contribution in [0.3, 0.4) is 0 Å². The molecule has 0 radical (unpaired) electrons. The Balaban J connectivity index is 2.85. The number of hydrogen-bond acceptors (Lipinski definition) is 5. The molecule has 0 aromatic carbocycles. The van der Waals surface area contributed by atoms with E-state index in [1.165, 1.54) is 7.11 Å². The number of anilines is 1. The van der Waals surface area contributed by atoms with E-state index in [4.69, 9.17) is 0 Å². The van der Waals surface area contributed by atoms with Gasteiger partial charge in [0.05, 0.1) is 12.7 Å². The molecule has 9 heteroatoms. The van der Waals surface area contributed by atoms with Crippen LogP contribution < -0.4 is 5.32 Å². The van der Waals surface area contributed by atoms with Crippen molar-refractivity contribution in [2.24, 2.45) is 0 Å². The monoisotopic (exact) mass is 311 g/mol. The number of thiophene rings is 1. The Labute approximate surface area is 116 Å². The van der Waals surface area contributed by atoms with Crippen molar-refractivity contribution in [3.8, 4) is 0 Å². The van der Waals surface area contributed by atoms with Gasteiger partial charge in [-0.3, -0.25) is 5.32 Å². The van der Waals surface area contributed by atoms with Crippen LogP contribution in [0.2, 0.25) is 0 Å². The molecule has 5 nitrogen and oxygen atoms in total. The van der Waals surface area contributed by atoms with Crippen molar-refractivity contribution in [3.63, 3.8) is 0 Å². The van der Waals surface area contributed by atoms with Crippen LogP contribution in [0.1, 0.15) is 20.8 Å². The molecular weight excluding hydrogens is 299 g/mol. The molecule has 0 atom stereocenters. The van der Waals surface area contributed by atoms with Crippen LogP contribution in [0, 0.1) is 13.8 Å². The molecule has 0 saturated heterocycles. The van der Waals surface area contributed by atoms with E-state index in [1.807, 2.05) is 0 Å². The van der Waals surface area contributed by atoms with Gasteiger partial charge in [-0.1, -0.05) is 0 Å². The summed E-state index contributed by atoms with van der Waals surface area (Å²) in [5, 5.41) is 2.21. The highest BCUT2D eigenvalue weighted by molar-refractivity contribution is 7.16. The molecule has 1 aromatic rings. The molecule has 0 unspecified atom stereocenters. The predicted molar refractivity (Wildman–Crippen MR) is 66.2 cm³/mol. The van der Waals surface area contributed by atoms with E-state index in [9.17, 15) is 22.8 Å². The van der Waals surface area contributed by atoms with E-state index >= 15 is 0 Å². The minimum Gasteiger partial charge on any atom is -0.465 e. The molecule has 0 saturated carbocycles. The van der Waals surface area contributed by atoms with E-state index in [0.717, 1.165) is 16.2 Å². The molecular formula is C11H12F3NO4S. The zero-order chi connectivity index (χ0) is 15.5. The van der Waals surface area contributed by atoms with Gasteiger partial charge in [-0.25, -0.2) is 9.59 Å². The van der Waals surface area contributed by atoms with E-state index in [-0.39, 0.29) is 10.6 Å². The van der Waals surface area contributed by atoms with Crippen LogP contribution >= 0.6 is 11.3 Å². The molecule has 0 bridgehead atoms. The number of aryl methyl sites for hydroxylation is 1. The van der Waals surface area contributed by atoms with Gasteiger partial charge in [-0.15, -0.1) is 11.3 Å². The predicted octanol–water partition coefficient (Wildman–Crippen LogP) is 3.26. The molecule has 112 valence electrons. The van der Waals surface area contributed by atoms with Crippen LogP contribution in [0.5, 0.6) is 0 Å². The van der Waals surface area contributed by atoms with E-state index in [2.05, 4.69) is 14.8 Å². The second-order valence-electron chi connectivity index (χ2n) is 3.80. The third kappa shape index (κ3) is 4.12. The number of rotatable bonds is 3. The topological polar surface area (TPSA) is 64.6 Å². The summed E-state index contributed by atoms with van der Waals surface area (Å²) in [5.74, 6) is -0.682. The van der Waals surface area contributed by atoms with Gasteiger partial charge < -0.3 is 9.47 Å². The number of ether oxygens (including phenoxy) is 2. The third-order valence-corrected chi connectivity index (χ3v) is 3.48. The van der Waals surface area contributed by atoms with Crippen molar-refractivity contribution in [1.29, 1.82) is 0 Å². The molecule has 1 amide bonds. The summed E-state index contributed by atoms with van der Waals surface area (Å²) >= 11 is 1.05. The molecule has 1 heterocycles. The summed E-state index contributed by atoms with van der Waals surface area (Å²) in [5.41, 5.74) is 0.701. The van der Waals surface area contributed by atoms with Crippen LogP contribution in [0.4, 0.5) is 23.0 Å². The maximum Gasteiger partial charge on any atom is 0.422 e. The Hall–Kier alpha value is -1.77. The molecule has 1 N–H and O–H groups in total. The molecule has 0 aliphatic carbocycles. The van der Waals surface area contributed by atoms with Crippen LogP contribution in [0.15, 0.2) is 0 Å². The van der Waals surface area contributed by atoms with Crippen molar-refractivity contribution >= 4 is 28.4 Å². The fourth-order valence-electron chi connectivity index (χ4n) is 1.34. The Morgan fingerprint density at radius 1 is 1.30 bits per heavy atom. The smallest absolute Gasteiger partial charge is 0.422 e. The fourth-order valence-corrected chi connectivity index (χ4v) is 2.37. The molecule has 1 rings (SSSR count). The second-order valence-corrected chi connectivity index (χ2v) is 5.02. The number of hydrogen-bond donors (Lipinski definition) is 1. The third-order valence-electron chi connectivity index (χ3n) is 2.36. The SMILES string of the molecule is COC(=O)c1c(NC(=O)OCC(F)(F)F)sc(C)c1C. The van der Waals surface area contributed by atoms with Gasteiger partial charge in [0.25, 0.3) is 0 Å². The number of methoxy groups -OCH3 is 1. The second kappa shape index (κ2) is 6.12. The standard InChI is InChI=1S/C11H12F3NO4S/c1-5-6(2)20-8(7(5)9(16)18-3)15-10(17)19-4-11(12,13)14/h4H2,1-3H3,(H,15,17). The minimum absolute atomic E-state index is 0.0963. The average molecular weight is 311 g/mol. The quantitative estimate of drug-likeness (QED) is 0.870. The molecule has 0 aliphatic heterocycles. The van der Waals surface area contributed by atoms with Crippen LogP contribution in [-0.4, -0.2) is 32.0 Å². The highest BCUT2D eigenvalue weighted by Gasteiger charge is 2.30. The van der Waals surface area contributed by atoms with E-state index in [0.29, 0.717) is 5.56 Å². The zero-order valence-corrected chi connectivity index (χ0v) is 11.7. The summed E-state index contributed by atoms with van der Waals surface area (Å²) in [6.07, 6.45) is -5.89. The van der Waals surface area contributed by atoms with Gasteiger partial charge >= 0.3 is 18.2 Å². The lowest BCUT2D eigenvalue weighted by molar-refractivity contribution is -0.159. The Morgan fingerprint density at radius 2 is 1.90 bits per heavy atom. The number of alkyl halides is 3. The van der Waals surface area contributed by atoms with E-state index in [1.54, 1.807) is 13.8 Å². The summed E-state index contributed by atoms with van der Waals surface area (Å²) in [6.45, 7) is 1.65. The van der Waals surface area contributed by atoms with Crippen molar-refractivity contribution in [2.75, 3.05) is 19.0 Å². The highest BCUT2D eigenvalue weighted by atomic mass is 32.1. The number of nitrogens with one attached hydrogen (secondary N) is 1. The Kier molecular flexibility index (Phi) is 4.98. The summed E-state index contributed by atoms with van der Waals surface area (Å²) in [4.78, 5) is 23.6. The van der Waals surface area contributed by atoms with E-state index < -0.39 is 24.8 Å². The number of esters is 1. The first-order chi connectivity index (χ1) is 9.15. The molecule has 0 aliphatic rings. The molecule has 0 spiro atoms. The van der Waals surface area contributed by atoms with Crippen molar-refractivity contribution < 1.29 is 32.2 Å². The summed E-state index contributed by atoms with van der Waals surface area (Å²) < 4.78 is 44.3. The van der Waals surface area contributed by atoms with Crippen LogP contribution in [0.25, 0.3) is 0 Å². The maximum absolute atomic E-state index is 11.9. The first-order valence-corrected chi connectivity index (χ1v) is 6.16. The zero-order valence-electron chi connectivity index (χ0n) is 10.9. The summed E-state index contributed by atoms with van der Waals surface area (Å²) in [6, 6.07) is 0. The van der Waals surface area contributed by atoms with Crippen molar-refractivity contribution in [2.45, 2.75) is 20.0 Å². The number of amides is 1. The Bertz CT molecular complexity index is 524.